The van der Waals surface area contributed by atoms with Crippen molar-refractivity contribution in [2.45, 2.75) is 6.92 Å². The molecule has 0 atom stereocenters. The third kappa shape index (κ3) is 3.55. The van der Waals surface area contributed by atoms with Crippen LogP contribution in [0.1, 0.15) is 15.9 Å². The first-order chi connectivity index (χ1) is 13.5. The number of nitrogens with one attached hydrogen (secondary N) is 1. The Balaban J connectivity index is 1.68. The van der Waals surface area contributed by atoms with E-state index in [0.29, 0.717) is 33.0 Å². The summed E-state index contributed by atoms with van der Waals surface area (Å²) in [5.41, 5.74) is 3.04. The van der Waals surface area contributed by atoms with Gasteiger partial charge in [0, 0.05) is 27.9 Å². The molecule has 0 saturated heterocycles. The molecule has 0 unspecified atom stereocenters. The van der Waals surface area contributed by atoms with Gasteiger partial charge in [0.15, 0.2) is 5.43 Å². The minimum atomic E-state index is -0.223. The molecule has 0 fully saturated rings. The highest BCUT2D eigenvalue weighted by atomic mass is 35.5. The predicted octanol–water partition coefficient (Wildman–Crippen LogP) is 5.67. The van der Waals surface area contributed by atoms with Gasteiger partial charge in [-0.1, -0.05) is 29.8 Å². The van der Waals surface area contributed by atoms with E-state index in [0.717, 1.165) is 11.1 Å². The third-order valence-electron chi connectivity index (χ3n) is 4.50. The lowest BCUT2D eigenvalue weighted by Gasteiger charge is -2.09. The number of amides is 1. The van der Waals surface area contributed by atoms with Gasteiger partial charge in [0.25, 0.3) is 5.91 Å². The molecule has 1 heterocycles. The number of halogens is 1. The van der Waals surface area contributed by atoms with Crippen molar-refractivity contribution in [3.63, 3.8) is 0 Å². The number of carbonyl (C=O) groups is 1. The Bertz CT molecular complexity index is 1240. The first-order valence-corrected chi connectivity index (χ1v) is 9.10. The zero-order valence-corrected chi connectivity index (χ0v) is 15.8. The fourth-order valence-corrected chi connectivity index (χ4v) is 3.14. The van der Waals surface area contributed by atoms with E-state index in [9.17, 15) is 9.59 Å². The molecular formula is C23H16ClNO3. The van der Waals surface area contributed by atoms with E-state index in [2.05, 4.69) is 5.32 Å². The molecule has 0 aliphatic heterocycles. The second-order valence-corrected chi connectivity index (χ2v) is 6.90. The standard InChI is InChI=1S/C23H16ClNO3/c1-14-4-2-3-5-18(14)23(27)25-17-10-11-21-19(12-17)20(26)13-22(28-21)15-6-8-16(24)9-7-15/h2-13H,1H3,(H,25,27). The number of aryl methyl sites for hydroxylation is 1. The number of carbonyl (C=O) groups excluding carboxylic acids is 1. The van der Waals surface area contributed by atoms with Gasteiger partial charge in [0.1, 0.15) is 11.3 Å². The van der Waals surface area contributed by atoms with Crippen LogP contribution >= 0.6 is 11.6 Å². The molecule has 0 bridgehead atoms. The van der Waals surface area contributed by atoms with Crippen LogP contribution in [-0.2, 0) is 0 Å². The highest BCUT2D eigenvalue weighted by Gasteiger charge is 2.11. The Morgan fingerprint density at radius 3 is 2.46 bits per heavy atom. The van der Waals surface area contributed by atoms with Crippen LogP contribution in [0.15, 0.2) is 82.0 Å². The van der Waals surface area contributed by atoms with Crippen LogP contribution in [0.25, 0.3) is 22.3 Å². The first-order valence-electron chi connectivity index (χ1n) is 8.72. The van der Waals surface area contributed by atoms with E-state index < -0.39 is 0 Å². The van der Waals surface area contributed by atoms with Gasteiger partial charge in [-0.15, -0.1) is 0 Å². The van der Waals surface area contributed by atoms with Gasteiger partial charge in [-0.2, -0.15) is 0 Å². The van der Waals surface area contributed by atoms with E-state index in [1.807, 2.05) is 25.1 Å². The summed E-state index contributed by atoms with van der Waals surface area (Å²) >= 11 is 5.91. The number of benzene rings is 3. The summed E-state index contributed by atoms with van der Waals surface area (Å²) in [5.74, 6) is 0.241. The van der Waals surface area contributed by atoms with Gasteiger partial charge in [0.05, 0.1) is 5.39 Å². The zero-order valence-electron chi connectivity index (χ0n) is 15.0. The van der Waals surface area contributed by atoms with E-state index in [4.69, 9.17) is 16.0 Å². The van der Waals surface area contributed by atoms with Crippen LogP contribution in [-0.4, -0.2) is 5.91 Å². The number of hydrogen-bond acceptors (Lipinski definition) is 3. The molecule has 0 aliphatic rings. The third-order valence-corrected chi connectivity index (χ3v) is 4.76. The summed E-state index contributed by atoms with van der Waals surface area (Å²) in [6.07, 6.45) is 0. The summed E-state index contributed by atoms with van der Waals surface area (Å²) in [7, 11) is 0. The van der Waals surface area contributed by atoms with Crippen LogP contribution in [0, 0.1) is 6.92 Å². The van der Waals surface area contributed by atoms with Crippen LogP contribution in [0.4, 0.5) is 5.69 Å². The molecule has 4 aromatic rings. The Hall–Kier alpha value is -3.37. The quantitative estimate of drug-likeness (QED) is 0.490. The Kier molecular flexibility index (Phi) is 4.72. The van der Waals surface area contributed by atoms with E-state index in [-0.39, 0.29) is 11.3 Å². The molecular weight excluding hydrogens is 374 g/mol. The number of fused-ring (bicyclic) bond motifs is 1. The van der Waals surface area contributed by atoms with Crippen molar-refractivity contribution in [1.29, 1.82) is 0 Å². The van der Waals surface area contributed by atoms with Gasteiger partial charge >= 0.3 is 0 Å². The van der Waals surface area contributed by atoms with E-state index >= 15 is 0 Å². The minimum Gasteiger partial charge on any atom is -0.456 e. The van der Waals surface area contributed by atoms with Gasteiger partial charge in [-0.3, -0.25) is 9.59 Å². The average Bonchev–Trinajstić information content (AvgIpc) is 2.69. The van der Waals surface area contributed by atoms with Crippen LogP contribution in [0.3, 0.4) is 0 Å². The predicted molar refractivity (Wildman–Crippen MR) is 112 cm³/mol. The molecule has 138 valence electrons. The SMILES string of the molecule is Cc1ccccc1C(=O)Nc1ccc2oc(-c3ccc(Cl)cc3)cc(=O)c2c1. The second-order valence-electron chi connectivity index (χ2n) is 6.46. The molecule has 0 radical (unpaired) electrons. The summed E-state index contributed by atoms with van der Waals surface area (Å²) < 4.78 is 5.88. The molecule has 1 N–H and O–H groups in total. The van der Waals surface area contributed by atoms with Crippen molar-refractivity contribution in [1.82, 2.24) is 0 Å². The highest BCUT2D eigenvalue weighted by Crippen LogP contribution is 2.25. The number of anilines is 1. The molecule has 0 saturated carbocycles. The molecule has 4 rings (SSSR count). The number of hydrogen-bond donors (Lipinski definition) is 1. The molecule has 3 aromatic carbocycles. The molecule has 0 aliphatic carbocycles. The van der Waals surface area contributed by atoms with Crippen molar-refractivity contribution in [3.05, 3.63) is 99.2 Å². The van der Waals surface area contributed by atoms with Gasteiger partial charge in [0.2, 0.25) is 0 Å². The maximum Gasteiger partial charge on any atom is 0.255 e. The molecule has 4 nitrogen and oxygen atoms in total. The van der Waals surface area contributed by atoms with Crippen molar-refractivity contribution in [2.24, 2.45) is 0 Å². The maximum absolute atomic E-state index is 12.6. The lowest BCUT2D eigenvalue weighted by Crippen LogP contribution is -2.13. The van der Waals surface area contributed by atoms with Crippen molar-refractivity contribution >= 4 is 34.2 Å². The fourth-order valence-electron chi connectivity index (χ4n) is 3.02. The number of rotatable bonds is 3. The van der Waals surface area contributed by atoms with E-state index in [1.165, 1.54) is 6.07 Å². The van der Waals surface area contributed by atoms with Crippen molar-refractivity contribution < 1.29 is 9.21 Å². The summed E-state index contributed by atoms with van der Waals surface area (Å²) in [5, 5.41) is 3.85. The Labute approximate surface area is 166 Å². The van der Waals surface area contributed by atoms with Crippen molar-refractivity contribution in [2.75, 3.05) is 5.32 Å². The summed E-state index contributed by atoms with van der Waals surface area (Å²) in [6.45, 7) is 1.88. The van der Waals surface area contributed by atoms with Crippen molar-refractivity contribution in [3.8, 4) is 11.3 Å². The maximum atomic E-state index is 12.6. The van der Waals surface area contributed by atoms with Crippen LogP contribution < -0.4 is 10.7 Å². The monoisotopic (exact) mass is 389 g/mol. The Morgan fingerprint density at radius 1 is 0.964 bits per heavy atom. The topological polar surface area (TPSA) is 59.3 Å². The highest BCUT2D eigenvalue weighted by molar-refractivity contribution is 6.30. The molecule has 5 heteroatoms. The molecule has 1 amide bonds. The van der Waals surface area contributed by atoms with Crippen LogP contribution in [0.2, 0.25) is 5.02 Å². The lowest BCUT2D eigenvalue weighted by atomic mass is 10.1. The van der Waals surface area contributed by atoms with Gasteiger partial charge < -0.3 is 9.73 Å². The summed E-state index contributed by atoms with van der Waals surface area (Å²) in [6, 6.07) is 20.9. The lowest BCUT2D eigenvalue weighted by molar-refractivity contribution is 0.102. The zero-order chi connectivity index (χ0) is 19.7. The largest absolute Gasteiger partial charge is 0.456 e. The molecule has 0 spiro atoms. The summed E-state index contributed by atoms with van der Waals surface area (Å²) in [4.78, 5) is 25.1. The second kappa shape index (κ2) is 7.33. The fraction of sp³-hybridized carbons (Fsp3) is 0.0435. The van der Waals surface area contributed by atoms with Gasteiger partial charge in [-0.25, -0.2) is 0 Å². The average molecular weight is 390 g/mol. The normalized spacial score (nSPS) is 10.8. The minimum absolute atomic E-state index is 0.182. The van der Waals surface area contributed by atoms with E-state index in [1.54, 1.807) is 48.5 Å². The Morgan fingerprint density at radius 2 is 1.71 bits per heavy atom. The van der Waals surface area contributed by atoms with Crippen LogP contribution in [0.5, 0.6) is 0 Å². The molecule has 1 aromatic heterocycles. The molecule has 28 heavy (non-hydrogen) atoms. The smallest absolute Gasteiger partial charge is 0.255 e. The van der Waals surface area contributed by atoms with Gasteiger partial charge in [-0.05, 0) is 61.0 Å². The first kappa shape index (κ1) is 18.0.